The van der Waals surface area contributed by atoms with Crippen molar-refractivity contribution in [3.63, 3.8) is 0 Å². The van der Waals surface area contributed by atoms with Gasteiger partial charge in [0.25, 0.3) is 0 Å². The fourth-order valence-corrected chi connectivity index (χ4v) is 3.90. The molecule has 0 spiro atoms. The molecule has 0 bridgehead atoms. The minimum Gasteiger partial charge on any atom is -0.508 e. The zero-order chi connectivity index (χ0) is 17.4. The van der Waals surface area contributed by atoms with Crippen molar-refractivity contribution >= 4 is 0 Å². The summed E-state index contributed by atoms with van der Waals surface area (Å²) in [6.07, 6.45) is 4.46. The van der Waals surface area contributed by atoms with Crippen LogP contribution >= 0.6 is 0 Å². The van der Waals surface area contributed by atoms with Gasteiger partial charge in [-0.05, 0) is 49.9 Å². The number of aromatic hydroxyl groups is 3. The summed E-state index contributed by atoms with van der Waals surface area (Å²) in [5, 5.41) is 33.7. The number of rotatable bonds is 2. The first-order chi connectivity index (χ1) is 12.1. The Kier molecular flexibility index (Phi) is 4.17. The van der Waals surface area contributed by atoms with Gasteiger partial charge < -0.3 is 25.4 Å². The number of nitrogens with one attached hydrogen (secondary N) is 1. The maximum atomic E-state index is 10.5. The molecule has 2 unspecified atom stereocenters. The zero-order valence-electron chi connectivity index (χ0n) is 14.0. The average Bonchev–Trinajstić information content (AvgIpc) is 2.63. The van der Waals surface area contributed by atoms with Gasteiger partial charge in [0.15, 0.2) is 0 Å². The minimum atomic E-state index is -0.156. The maximum absolute atomic E-state index is 10.5. The molecule has 2 aromatic rings. The molecule has 4 N–H and O–H groups in total. The van der Waals surface area contributed by atoms with Crippen molar-refractivity contribution in [3.05, 3.63) is 47.0 Å². The van der Waals surface area contributed by atoms with Crippen LogP contribution in [0.2, 0.25) is 0 Å². The predicted molar refractivity (Wildman–Crippen MR) is 94.2 cm³/mol. The van der Waals surface area contributed by atoms with E-state index in [0.717, 1.165) is 48.9 Å². The van der Waals surface area contributed by atoms with E-state index in [1.165, 1.54) is 6.07 Å². The summed E-state index contributed by atoms with van der Waals surface area (Å²) in [6, 6.07) is 8.49. The normalized spacial score (nSPS) is 22.9. The fraction of sp³-hybridized carbons (Fsp3) is 0.400. The molecule has 5 heteroatoms. The van der Waals surface area contributed by atoms with Crippen LogP contribution < -0.4 is 10.1 Å². The largest absolute Gasteiger partial charge is 0.508 e. The van der Waals surface area contributed by atoms with Crippen molar-refractivity contribution in [3.8, 4) is 23.0 Å². The Morgan fingerprint density at radius 3 is 2.48 bits per heavy atom. The van der Waals surface area contributed by atoms with Gasteiger partial charge in [-0.25, -0.2) is 0 Å². The standard InChI is InChI=1S/C20H23NO4/c22-13-6-4-12(5-7-13)18-9-8-14-16(23)11-17(24)19(20(14)25-18)15-3-1-2-10-21-15/h4-7,11,15,18,21-24H,1-3,8-10H2. The van der Waals surface area contributed by atoms with Crippen molar-refractivity contribution in [2.75, 3.05) is 6.54 Å². The summed E-state index contributed by atoms with van der Waals surface area (Å²) in [7, 11) is 0. The van der Waals surface area contributed by atoms with E-state index in [2.05, 4.69) is 5.32 Å². The van der Waals surface area contributed by atoms with E-state index < -0.39 is 0 Å². The highest BCUT2D eigenvalue weighted by atomic mass is 16.5. The Morgan fingerprint density at radius 2 is 1.76 bits per heavy atom. The molecule has 4 rings (SSSR count). The highest BCUT2D eigenvalue weighted by Crippen LogP contribution is 2.48. The Labute approximate surface area is 146 Å². The number of hydrogen-bond acceptors (Lipinski definition) is 5. The lowest BCUT2D eigenvalue weighted by Crippen LogP contribution is -2.28. The molecule has 1 saturated heterocycles. The number of hydrogen-bond donors (Lipinski definition) is 4. The molecule has 2 aliphatic rings. The van der Waals surface area contributed by atoms with Gasteiger partial charge in [-0.1, -0.05) is 18.6 Å². The topological polar surface area (TPSA) is 82.0 Å². The van der Waals surface area contributed by atoms with Gasteiger partial charge in [0, 0.05) is 17.7 Å². The Morgan fingerprint density at radius 1 is 0.960 bits per heavy atom. The smallest absolute Gasteiger partial charge is 0.135 e. The summed E-state index contributed by atoms with van der Waals surface area (Å²) in [6.45, 7) is 0.918. The van der Waals surface area contributed by atoms with Crippen molar-refractivity contribution in [2.24, 2.45) is 0 Å². The number of benzene rings is 2. The molecule has 132 valence electrons. The molecular weight excluding hydrogens is 318 g/mol. The first-order valence-corrected chi connectivity index (χ1v) is 8.90. The lowest BCUT2D eigenvalue weighted by Gasteiger charge is -2.33. The number of piperidine rings is 1. The summed E-state index contributed by atoms with van der Waals surface area (Å²) in [5.74, 6) is 1.02. The van der Waals surface area contributed by atoms with E-state index in [-0.39, 0.29) is 29.4 Å². The molecule has 0 aliphatic carbocycles. The van der Waals surface area contributed by atoms with Crippen LogP contribution in [-0.2, 0) is 6.42 Å². The van der Waals surface area contributed by atoms with E-state index in [1.807, 2.05) is 12.1 Å². The third-order valence-electron chi connectivity index (χ3n) is 5.22. The van der Waals surface area contributed by atoms with Gasteiger partial charge in [-0.15, -0.1) is 0 Å². The number of fused-ring (bicyclic) bond motifs is 1. The van der Waals surface area contributed by atoms with Crippen LogP contribution in [0.5, 0.6) is 23.0 Å². The molecule has 2 aromatic carbocycles. The Balaban J connectivity index is 1.72. The molecule has 2 aliphatic heterocycles. The van der Waals surface area contributed by atoms with Crippen LogP contribution in [0, 0.1) is 0 Å². The van der Waals surface area contributed by atoms with Gasteiger partial charge in [-0.2, -0.15) is 0 Å². The SMILES string of the molecule is Oc1ccc(C2CCc3c(O)cc(O)c(C4CCCCN4)c3O2)cc1. The van der Waals surface area contributed by atoms with Crippen LogP contribution in [0.3, 0.4) is 0 Å². The minimum absolute atomic E-state index is 0.0432. The summed E-state index contributed by atoms with van der Waals surface area (Å²) in [4.78, 5) is 0. The third-order valence-corrected chi connectivity index (χ3v) is 5.22. The number of phenols is 3. The molecule has 2 atom stereocenters. The van der Waals surface area contributed by atoms with E-state index in [0.29, 0.717) is 12.2 Å². The molecule has 0 radical (unpaired) electrons. The highest BCUT2D eigenvalue weighted by Gasteiger charge is 2.31. The van der Waals surface area contributed by atoms with Gasteiger partial charge in [0.1, 0.15) is 29.1 Å². The molecule has 0 amide bonds. The third kappa shape index (κ3) is 3.00. The van der Waals surface area contributed by atoms with Gasteiger partial charge >= 0.3 is 0 Å². The lowest BCUT2D eigenvalue weighted by atomic mass is 9.89. The Hall–Kier alpha value is -2.40. The van der Waals surface area contributed by atoms with Crippen LogP contribution in [0.1, 0.15) is 54.5 Å². The van der Waals surface area contributed by atoms with E-state index in [9.17, 15) is 15.3 Å². The Bertz CT molecular complexity index is 766. The summed E-state index contributed by atoms with van der Waals surface area (Å²) in [5.41, 5.74) is 2.51. The summed E-state index contributed by atoms with van der Waals surface area (Å²) < 4.78 is 6.26. The van der Waals surface area contributed by atoms with E-state index >= 15 is 0 Å². The maximum Gasteiger partial charge on any atom is 0.135 e. The van der Waals surface area contributed by atoms with Gasteiger partial charge in [-0.3, -0.25) is 0 Å². The second-order valence-corrected chi connectivity index (χ2v) is 6.88. The number of phenolic OH excluding ortho intramolecular Hbond substituents is 3. The molecule has 25 heavy (non-hydrogen) atoms. The van der Waals surface area contributed by atoms with Gasteiger partial charge in [0.2, 0.25) is 0 Å². The monoisotopic (exact) mass is 341 g/mol. The quantitative estimate of drug-likeness (QED) is 0.670. The van der Waals surface area contributed by atoms with E-state index in [1.54, 1.807) is 12.1 Å². The molecule has 2 heterocycles. The summed E-state index contributed by atoms with van der Waals surface area (Å²) >= 11 is 0. The van der Waals surface area contributed by atoms with E-state index in [4.69, 9.17) is 4.74 Å². The van der Waals surface area contributed by atoms with Gasteiger partial charge in [0.05, 0.1) is 5.56 Å². The second-order valence-electron chi connectivity index (χ2n) is 6.88. The lowest BCUT2D eigenvalue weighted by molar-refractivity contribution is 0.169. The van der Waals surface area contributed by atoms with Crippen LogP contribution in [0.15, 0.2) is 30.3 Å². The molecule has 5 nitrogen and oxygen atoms in total. The van der Waals surface area contributed by atoms with Crippen molar-refractivity contribution < 1.29 is 20.1 Å². The molecule has 0 saturated carbocycles. The molecular formula is C20H23NO4. The fourth-order valence-electron chi connectivity index (χ4n) is 3.90. The predicted octanol–water partition coefficient (Wildman–Crippen LogP) is 3.68. The average molecular weight is 341 g/mol. The van der Waals surface area contributed by atoms with Crippen molar-refractivity contribution in [2.45, 2.75) is 44.2 Å². The molecule has 1 fully saturated rings. The van der Waals surface area contributed by atoms with Crippen LogP contribution in [0.4, 0.5) is 0 Å². The van der Waals surface area contributed by atoms with Crippen molar-refractivity contribution in [1.29, 1.82) is 0 Å². The van der Waals surface area contributed by atoms with Crippen LogP contribution in [0.25, 0.3) is 0 Å². The molecule has 0 aromatic heterocycles. The number of ether oxygens (including phenoxy) is 1. The zero-order valence-corrected chi connectivity index (χ0v) is 14.0. The van der Waals surface area contributed by atoms with Crippen molar-refractivity contribution in [1.82, 2.24) is 5.32 Å². The first-order valence-electron chi connectivity index (χ1n) is 8.90. The second kappa shape index (κ2) is 6.48. The first kappa shape index (κ1) is 16.1. The van der Waals surface area contributed by atoms with Crippen LogP contribution in [-0.4, -0.2) is 21.9 Å². The highest BCUT2D eigenvalue weighted by molar-refractivity contribution is 5.58.